The lowest BCUT2D eigenvalue weighted by atomic mass is 10.2. The summed E-state index contributed by atoms with van der Waals surface area (Å²) in [7, 11) is 0. The molecule has 0 aliphatic heterocycles. The van der Waals surface area contributed by atoms with Crippen LogP contribution in [0.3, 0.4) is 0 Å². The van der Waals surface area contributed by atoms with Crippen molar-refractivity contribution in [3.8, 4) is 11.5 Å². The van der Waals surface area contributed by atoms with Crippen molar-refractivity contribution in [2.24, 2.45) is 0 Å². The van der Waals surface area contributed by atoms with Gasteiger partial charge in [0.15, 0.2) is 5.82 Å². The van der Waals surface area contributed by atoms with Crippen molar-refractivity contribution in [3.63, 3.8) is 0 Å². The molecule has 0 aliphatic rings. The van der Waals surface area contributed by atoms with E-state index in [2.05, 4.69) is 20.2 Å². The number of alkyl halides is 3. The van der Waals surface area contributed by atoms with Gasteiger partial charge in [-0.15, -0.1) is 5.10 Å². The molecule has 2 heterocycles. The van der Waals surface area contributed by atoms with Crippen LogP contribution in [0.15, 0.2) is 36.4 Å². The normalized spacial score (nSPS) is 11.9. The summed E-state index contributed by atoms with van der Waals surface area (Å²) in [5, 5.41) is 6.30. The number of halogens is 3. The minimum Gasteiger partial charge on any atom is -0.257 e. The molecule has 1 N–H and O–H groups in total. The van der Waals surface area contributed by atoms with Gasteiger partial charge in [0.25, 0.3) is 5.82 Å². The monoisotopic (exact) mass is 264 g/mol. The van der Waals surface area contributed by atoms with Gasteiger partial charge < -0.3 is 0 Å². The number of pyridine rings is 1. The maximum atomic E-state index is 12.4. The number of fused-ring (bicyclic) bond motifs is 1. The minimum absolute atomic E-state index is 0.00178. The molecule has 96 valence electrons. The second-order valence-corrected chi connectivity index (χ2v) is 3.89. The quantitative estimate of drug-likeness (QED) is 0.735. The standard InChI is InChI=1S/C12H7F3N4/c13-12(14,15)11-17-10(18-19-11)9-6-5-7-3-1-2-4-8(7)16-9/h1-6H,(H,17,18,19). The Kier molecular flexibility index (Phi) is 2.48. The molecular formula is C12H7F3N4. The molecule has 0 saturated carbocycles. The smallest absolute Gasteiger partial charge is 0.257 e. The van der Waals surface area contributed by atoms with Gasteiger partial charge >= 0.3 is 6.18 Å². The third-order valence-corrected chi connectivity index (χ3v) is 2.58. The first-order chi connectivity index (χ1) is 9.04. The van der Waals surface area contributed by atoms with E-state index in [0.29, 0.717) is 11.2 Å². The molecule has 0 bridgehead atoms. The highest BCUT2D eigenvalue weighted by Crippen LogP contribution is 2.27. The first kappa shape index (κ1) is 11.6. The van der Waals surface area contributed by atoms with Gasteiger partial charge in [-0.1, -0.05) is 24.3 Å². The largest absolute Gasteiger partial charge is 0.453 e. The van der Waals surface area contributed by atoms with Crippen molar-refractivity contribution in [1.29, 1.82) is 0 Å². The molecule has 7 heteroatoms. The fraction of sp³-hybridized carbons (Fsp3) is 0.0833. The van der Waals surface area contributed by atoms with Crippen molar-refractivity contribution in [3.05, 3.63) is 42.2 Å². The number of hydrogen-bond acceptors (Lipinski definition) is 3. The molecule has 3 aromatic rings. The van der Waals surface area contributed by atoms with Crippen LogP contribution in [-0.4, -0.2) is 20.2 Å². The number of hydrogen-bond donors (Lipinski definition) is 1. The topological polar surface area (TPSA) is 54.5 Å². The zero-order valence-electron chi connectivity index (χ0n) is 9.44. The number of aromatic nitrogens is 4. The molecule has 0 amide bonds. The Morgan fingerprint density at radius 1 is 0.947 bits per heavy atom. The maximum Gasteiger partial charge on any atom is 0.453 e. The maximum absolute atomic E-state index is 12.4. The van der Waals surface area contributed by atoms with Gasteiger partial charge in [0.2, 0.25) is 0 Å². The Morgan fingerprint density at radius 2 is 1.74 bits per heavy atom. The van der Waals surface area contributed by atoms with E-state index in [1.807, 2.05) is 12.1 Å². The predicted molar refractivity (Wildman–Crippen MR) is 62.1 cm³/mol. The highest BCUT2D eigenvalue weighted by atomic mass is 19.4. The van der Waals surface area contributed by atoms with Crippen LogP contribution < -0.4 is 0 Å². The van der Waals surface area contributed by atoms with Crippen molar-refractivity contribution >= 4 is 10.9 Å². The lowest BCUT2D eigenvalue weighted by Gasteiger charge is -2.00. The predicted octanol–water partition coefficient (Wildman–Crippen LogP) is 3.04. The van der Waals surface area contributed by atoms with E-state index in [4.69, 9.17) is 0 Å². The van der Waals surface area contributed by atoms with Gasteiger partial charge in [-0.2, -0.15) is 13.2 Å². The molecule has 4 nitrogen and oxygen atoms in total. The van der Waals surface area contributed by atoms with Crippen LogP contribution in [0.2, 0.25) is 0 Å². The molecule has 0 atom stereocenters. The number of nitrogens with zero attached hydrogens (tertiary/aromatic N) is 3. The van der Waals surface area contributed by atoms with Gasteiger partial charge in [0.05, 0.1) is 5.52 Å². The Balaban J connectivity index is 2.07. The van der Waals surface area contributed by atoms with Gasteiger partial charge in [-0.25, -0.2) is 9.97 Å². The summed E-state index contributed by atoms with van der Waals surface area (Å²) in [5.74, 6) is -1.20. The number of benzene rings is 1. The summed E-state index contributed by atoms with van der Waals surface area (Å²) in [4.78, 5) is 7.64. The van der Waals surface area contributed by atoms with Crippen LogP contribution in [0, 0.1) is 0 Å². The molecule has 0 fully saturated rings. The van der Waals surface area contributed by atoms with Crippen molar-refractivity contribution in [1.82, 2.24) is 20.2 Å². The number of nitrogens with one attached hydrogen (secondary N) is 1. The number of aromatic amines is 1. The first-order valence-electron chi connectivity index (χ1n) is 5.40. The van der Waals surface area contributed by atoms with Crippen molar-refractivity contribution < 1.29 is 13.2 Å². The molecule has 19 heavy (non-hydrogen) atoms. The van der Waals surface area contributed by atoms with Crippen LogP contribution in [0.4, 0.5) is 13.2 Å². The molecule has 2 aromatic heterocycles. The number of rotatable bonds is 1. The van der Waals surface area contributed by atoms with E-state index in [-0.39, 0.29) is 5.82 Å². The summed E-state index contributed by atoms with van der Waals surface area (Å²) in [5.41, 5.74) is 1.01. The van der Waals surface area contributed by atoms with E-state index in [1.54, 1.807) is 24.3 Å². The third kappa shape index (κ3) is 2.14. The number of H-pyrrole nitrogens is 1. The zero-order chi connectivity index (χ0) is 13.5. The molecule has 0 spiro atoms. The molecule has 3 rings (SSSR count). The van der Waals surface area contributed by atoms with Gasteiger partial charge in [-0.3, -0.25) is 5.10 Å². The Hall–Kier alpha value is -2.44. The van der Waals surface area contributed by atoms with E-state index in [9.17, 15) is 13.2 Å². The summed E-state index contributed by atoms with van der Waals surface area (Å²) < 4.78 is 37.2. The highest BCUT2D eigenvalue weighted by molar-refractivity contribution is 5.80. The third-order valence-electron chi connectivity index (χ3n) is 2.58. The van der Waals surface area contributed by atoms with E-state index in [1.165, 1.54) is 0 Å². The average molecular weight is 264 g/mol. The Bertz CT molecular complexity index is 733. The summed E-state index contributed by atoms with van der Waals surface area (Å²) in [6, 6.07) is 10.7. The highest BCUT2D eigenvalue weighted by Gasteiger charge is 2.36. The van der Waals surface area contributed by atoms with Crippen LogP contribution in [0.1, 0.15) is 5.82 Å². The lowest BCUT2D eigenvalue weighted by Crippen LogP contribution is -2.07. The van der Waals surface area contributed by atoms with Crippen molar-refractivity contribution in [2.75, 3.05) is 0 Å². The Labute approximate surface area is 105 Å². The fourth-order valence-electron chi connectivity index (χ4n) is 1.70. The van der Waals surface area contributed by atoms with Crippen LogP contribution in [0.25, 0.3) is 22.4 Å². The molecule has 0 radical (unpaired) electrons. The first-order valence-corrected chi connectivity index (χ1v) is 5.40. The van der Waals surface area contributed by atoms with Crippen molar-refractivity contribution in [2.45, 2.75) is 6.18 Å². The summed E-state index contributed by atoms with van der Waals surface area (Å²) in [6.45, 7) is 0. The van der Waals surface area contributed by atoms with Crippen LogP contribution in [0.5, 0.6) is 0 Å². The molecule has 0 unspecified atom stereocenters. The fourth-order valence-corrected chi connectivity index (χ4v) is 1.70. The average Bonchev–Trinajstić information content (AvgIpc) is 2.87. The van der Waals surface area contributed by atoms with Crippen LogP contribution >= 0.6 is 0 Å². The van der Waals surface area contributed by atoms with Gasteiger partial charge in [0, 0.05) is 5.39 Å². The summed E-state index contributed by atoms with van der Waals surface area (Å²) >= 11 is 0. The molecule has 0 saturated heterocycles. The lowest BCUT2D eigenvalue weighted by molar-refractivity contribution is -0.144. The van der Waals surface area contributed by atoms with E-state index < -0.39 is 12.0 Å². The molecular weight excluding hydrogens is 257 g/mol. The molecule has 0 aliphatic carbocycles. The van der Waals surface area contributed by atoms with Gasteiger partial charge in [-0.05, 0) is 12.1 Å². The molecule has 1 aromatic carbocycles. The second-order valence-electron chi connectivity index (χ2n) is 3.89. The van der Waals surface area contributed by atoms with E-state index in [0.717, 1.165) is 5.39 Å². The zero-order valence-corrected chi connectivity index (χ0v) is 9.44. The van der Waals surface area contributed by atoms with E-state index >= 15 is 0 Å². The minimum atomic E-state index is -4.56. The Morgan fingerprint density at radius 3 is 2.47 bits per heavy atom. The second kappa shape index (κ2) is 4.04. The number of para-hydroxylation sites is 1. The van der Waals surface area contributed by atoms with Crippen LogP contribution in [-0.2, 0) is 6.18 Å². The van der Waals surface area contributed by atoms with Gasteiger partial charge in [0.1, 0.15) is 5.69 Å². The summed E-state index contributed by atoms with van der Waals surface area (Å²) in [6.07, 6.45) is -4.56. The SMILES string of the molecule is FC(F)(F)c1n[nH]c(-c2ccc3ccccc3n2)n1.